The minimum absolute atomic E-state index is 0.841. The minimum atomic E-state index is 0.841. The van der Waals surface area contributed by atoms with Crippen molar-refractivity contribution in [3.63, 3.8) is 0 Å². The quantitative estimate of drug-likeness (QED) is 0.558. The predicted octanol–water partition coefficient (Wildman–Crippen LogP) is 4.16. The SMILES string of the molecule is Cc1cccc(-n2ncc(C)c2-c2cc3ncccc3s2)n1. The maximum atomic E-state index is 4.59. The van der Waals surface area contributed by atoms with E-state index < -0.39 is 0 Å². The normalized spacial score (nSPS) is 11.2. The van der Waals surface area contributed by atoms with Crippen molar-refractivity contribution in [2.45, 2.75) is 13.8 Å². The van der Waals surface area contributed by atoms with Crippen LogP contribution in [-0.2, 0) is 0 Å². The Balaban J connectivity index is 1.93. The first-order valence-corrected chi connectivity index (χ1v) is 7.87. The molecule has 0 unspecified atom stereocenters. The van der Waals surface area contributed by atoms with Crippen LogP contribution in [-0.4, -0.2) is 19.7 Å². The topological polar surface area (TPSA) is 43.6 Å². The monoisotopic (exact) mass is 306 g/mol. The summed E-state index contributed by atoms with van der Waals surface area (Å²) >= 11 is 1.73. The van der Waals surface area contributed by atoms with E-state index in [1.807, 2.05) is 48.3 Å². The van der Waals surface area contributed by atoms with E-state index in [4.69, 9.17) is 0 Å². The predicted molar refractivity (Wildman–Crippen MR) is 89.4 cm³/mol. The molecule has 0 atom stereocenters. The van der Waals surface area contributed by atoms with Crippen LogP contribution in [0.15, 0.2) is 48.8 Å². The molecule has 0 aliphatic carbocycles. The second-order valence-corrected chi connectivity index (χ2v) is 6.31. The Bertz CT molecular complexity index is 935. The van der Waals surface area contributed by atoms with Gasteiger partial charge in [0.1, 0.15) is 0 Å². The van der Waals surface area contributed by atoms with Gasteiger partial charge in [-0.3, -0.25) is 4.98 Å². The summed E-state index contributed by atoms with van der Waals surface area (Å²) in [6.07, 6.45) is 3.71. The first kappa shape index (κ1) is 13.2. The number of rotatable bonds is 2. The smallest absolute Gasteiger partial charge is 0.154 e. The zero-order valence-electron chi connectivity index (χ0n) is 12.3. The van der Waals surface area contributed by atoms with Gasteiger partial charge in [-0.2, -0.15) is 5.10 Å². The largest absolute Gasteiger partial charge is 0.255 e. The molecular weight excluding hydrogens is 292 g/mol. The standard InChI is InChI=1S/C17H14N4S/c1-11-10-19-21(16-7-3-5-12(2)20-16)17(11)15-9-13-14(22-15)6-4-8-18-13/h3-10H,1-2H3. The average molecular weight is 306 g/mol. The van der Waals surface area contributed by atoms with Gasteiger partial charge in [-0.15, -0.1) is 11.3 Å². The number of pyridine rings is 2. The van der Waals surface area contributed by atoms with Gasteiger partial charge in [-0.25, -0.2) is 9.67 Å². The lowest BCUT2D eigenvalue weighted by Gasteiger charge is -2.06. The zero-order valence-corrected chi connectivity index (χ0v) is 13.1. The Morgan fingerprint density at radius 3 is 2.82 bits per heavy atom. The van der Waals surface area contributed by atoms with E-state index in [9.17, 15) is 0 Å². The summed E-state index contributed by atoms with van der Waals surface area (Å²) in [7, 11) is 0. The highest BCUT2D eigenvalue weighted by molar-refractivity contribution is 7.22. The minimum Gasteiger partial charge on any atom is -0.255 e. The van der Waals surface area contributed by atoms with Crippen LogP contribution in [0.3, 0.4) is 0 Å². The van der Waals surface area contributed by atoms with Gasteiger partial charge in [0.15, 0.2) is 5.82 Å². The molecule has 4 rings (SSSR count). The average Bonchev–Trinajstić information content (AvgIpc) is 3.10. The van der Waals surface area contributed by atoms with E-state index in [1.165, 1.54) is 4.70 Å². The molecule has 0 bridgehead atoms. The van der Waals surface area contributed by atoms with Crippen LogP contribution in [0.25, 0.3) is 26.6 Å². The van der Waals surface area contributed by atoms with Crippen molar-refractivity contribution in [3.8, 4) is 16.4 Å². The highest BCUT2D eigenvalue weighted by atomic mass is 32.1. The molecule has 0 aliphatic rings. The number of aryl methyl sites for hydroxylation is 2. The van der Waals surface area contributed by atoms with Gasteiger partial charge in [-0.05, 0) is 49.7 Å². The molecule has 4 aromatic heterocycles. The highest BCUT2D eigenvalue weighted by Crippen LogP contribution is 2.35. The fourth-order valence-electron chi connectivity index (χ4n) is 2.54. The van der Waals surface area contributed by atoms with Crippen molar-refractivity contribution in [1.82, 2.24) is 19.7 Å². The van der Waals surface area contributed by atoms with E-state index in [0.717, 1.165) is 33.2 Å². The molecular formula is C17H14N4S. The Hall–Kier alpha value is -2.53. The third-order valence-corrected chi connectivity index (χ3v) is 4.66. The van der Waals surface area contributed by atoms with Crippen molar-refractivity contribution in [1.29, 1.82) is 0 Å². The number of thiophene rings is 1. The third-order valence-electron chi connectivity index (χ3n) is 3.56. The summed E-state index contributed by atoms with van der Waals surface area (Å²) in [4.78, 5) is 10.2. The number of aromatic nitrogens is 4. The van der Waals surface area contributed by atoms with Crippen molar-refractivity contribution >= 4 is 21.6 Å². The van der Waals surface area contributed by atoms with Crippen LogP contribution >= 0.6 is 11.3 Å². The molecule has 0 N–H and O–H groups in total. The van der Waals surface area contributed by atoms with Gasteiger partial charge < -0.3 is 0 Å². The maximum Gasteiger partial charge on any atom is 0.154 e. The summed E-state index contributed by atoms with van der Waals surface area (Å²) in [6.45, 7) is 4.06. The lowest BCUT2D eigenvalue weighted by molar-refractivity contribution is 0.849. The molecule has 0 saturated heterocycles. The van der Waals surface area contributed by atoms with Gasteiger partial charge in [0.25, 0.3) is 0 Å². The highest BCUT2D eigenvalue weighted by Gasteiger charge is 2.15. The van der Waals surface area contributed by atoms with Crippen LogP contribution in [0.2, 0.25) is 0 Å². The zero-order chi connectivity index (χ0) is 15.1. The van der Waals surface area contributed by atoms with E-state index in [2.05, 4.69) is 34.1 Å². The number of fused-ring (bicyclic) bond motifs is 1. The fourth-order valence-corrected chi connectivity index (χ4v) is 3.65. The van der Waals surface area contributed by atoms with Crippen molar-refractivity contribution in [3.05, 3.63) is 60.0 Å². The number of nitrogens with zero attached hydrogens (tertiary/aromatic N) is 4. The molecule has 4 heterocycles. The number of hydrogen-bond acceptors (Lipinski definition) is 4. The Morgan fingerprint density at radius 2 is 2.00 bits per heavy atom. The second-order valence-electron chi connectivity index (χ2n) is 5.22. The molecule has 0 saturated carbocycles. The van der Waals surface area contributed by atoms with E-state index in [0.29, 0.717) is 0 Å². The summed E-state index contributed by atoms with van der Waals surface area (Å²) in [5.74, 6) is 0.841. The molecule has 22 heavy (non-hydrogen) atoms. The summed E-state index contributed by atoms with van der Waals surface area (Å²) in [6, 6.07) is 12.2. The van der Waals surface area contributed by atoms with Crippen LogP contribution in [0, 0.1) is 13.8 Å². The Morgan fingerprint density at radius 1 is 1.09 bits per heavy atom. The van der Waals surface area contributed by atoms with Crippen LogP contribution in [0.1, 0.15) is 11.3 Å². The van der Waals surface area contributed by atoms with E-state index in [-0.39, 0.29) is 0 Å². The molecule has 0 spiro atoms. The lowest BCUT2D eigenvalue weighted by Crippen LogP contribution is -2.02. The van der Waals surface area contributed by atoms with Gasteiger partial charge >= 0.3 is 0 Å². The number of hydrogen-bond donors (Lipinski definition) is 0. The van der Waals surface area contributed by atoms with Crippen LogP contribution in [0.4, 0.5) is 0 Å². The second kappa shape index (κ2) is 5.03. The van der Waals surface area contributed by atoms with Gasteiger partial charge in [-0.1, -0.05) is 6.07 Å². The molecule has 4 aromatic rings. The van der Waals surface area contributed by atoms with Gasteiger partial charge in [0.2, 0.25) is 0 Å². The molecule has 4 nitrogen and oxygen atoms in total. The Labute approximate surface area is 132 Å². The molecule has 0 aromatic carbocycles. The van der Waals surface area contributed by atoms with E-state index in [1.54, 1.807) is 11.3 Å². The molecule has 0 fully saturated rings. The van der Waals surface area contributed by atoms with Crippen molar-refractivity contribution in [2.24, 2.45) is 0 Å². The van der Waals surface area contributed by atoms with Gasteiger partial charge in [0, 0.05) is 11.9 Å². The molecule has 0 aliphatic heterocycles. The summed E-state index contributed by atoms with van der Waals surface area (Å²) in [5.41, 5.74) is 4.22. The summed E-state index contributed by atoms with van der Waals surface area (Å²) < 4.78 is 3.09. The molecule has 108 valence electrons. The van der Waals surface area contributed by atoms with Crippen LogP contribution in [0.5, 0.6) is 0 Å². The third kappa shape index (κ3) is 2.10. The van der Waals surface area contributed by atoms with E-state index >= 15 is 0 Å². The molecule has 5 heteroatoms. The van der Waals surface area contributed by atoms with Crippen molar-refractivity contribution in [2.75, 3.05) is 0 Å². The molecule has 0 radical (unpaired) electrons. The first-order chi connectivity index (χ1) is 10.7. The van der Waals surface area contributed by atoms with Crippen molar-refractivity contribution < 1.29 is 0 Å². The summed E-state index contributed by atoms with van der Waals surface area (Å²) in [5, 5.41) is 4.51. The van der Waals surface area contributed by atoms with Gasteiger partial charge in [0.05, 0.1) is 27.0 Å². The molecule has 0 amide bonds. The Kier molecular flexibility index (Phi) is 3.01. The van der Waals surface area contributed by atoms with Crippen LogP contribution < -0.4 is 0 Å². The fraction of sp³-hybridized carbons (Fsp3) is 0.118. The first-order valence-electron chi connectivity index (χ1n) is 7.06. The lowest BCUT2D eigenvalue weighted by atomic mass is 10.2. The maximum absolute atomic E-state index is 4.59.